The van der Waals surface area contributed by atoms with E-state index in [4.69, 9.17) is 21.1 Å². The number of hydrogen-bond donors (Lipinski definition) is 2. The lowest BCUT2D eigenvalue weighted by Crippen LogP contribution is -2.24. The van der Waals surface area contributed by atoms with Crippen molar-refractivity contribution in [3.05, 3.63) is 71.0 Å². The van der Waals surface area contributed by atoms with Crippen LogP contribution in [0, 0.1) is 0 Å². The molecule has 0 spiro atoms. The highest BCUT2D eigenvalue weighted by Crippen LogP contribution is 2.30. The van der Waals surface area contributed by atoms with Crippen molar-refractivity contribution in [2.75, 3.05) is 19.5 Å². The van der Waals surface area contributed by atoms with Gasteiger partial charge >= 0.3 is 0 Å². The zero-order valence-corrected chi connectivity index (χ0v) is 16.2. The summed E-state index contributed by atoms with van der Waals surface area (Å²) in [5, 5.41) is 6.52. The molecule has 0 saturated carbocycles. The van der Waals surface area contributed by atoms with Gasteiger partial charge < -0.3 is 20.1 Å². The lowest BCUT2D eigenvalue weighted by Gasteiger charge is -2.12. The number of nitrogens with zero attached hydrogens (tertiary/aromatic N) is 2. The Morgan fingerprint density at radius 1 is 1.07 bits per heavy atom. The molecule has 3 aromatic rings. The van der Waals surface area contributed by atoms with Crippen molar-refractivity contribution in [1.82, 2.24) is 15.3 Å². The molecule has 8 heteroatoms. The molecule has 144 valence electrons. The van der Waals surface area contributed by atoms with Crippen molar-refractivity contribution in [2.45, 2.75) is 6.54 Å². The van der Waals surface area contributed by atoms with E-state index in [1.807, 2.05) is 12.1 Å². The third kappa shape index (κ3) is 4.89. The molecule has 0 atom stereocenters. The summed E-state index contributed by atoms with van der Waals surface area (Å²) < 4.78 is 10.5. The van der Waals surface area contributed by atoms with Crippen molar-refractivity contribution >= 4 is 29.1 Å². The van der Waals surface area contributed by atoms with Crippen molar-refractivity contribution in [1.29, 1.82) is 0 Å². The second kappa shape index (κ2) is 9.05. The van der Waals surface area contributed by atoms with Crippen LogP contribution in [0.2, 0.25) is 5.02 Å². The van der Waals surface area contributed by atoms with Crippen LogP contribution in [0.4, 0.5) is 11.6 Å². The fourth-order valence-electron chi connectivity index (χ4n) is 2.44. The Balaban J connectivity index is 1.69. The van der Waals surface area contributed by atoms with Crippen LogP contribution in [0.25, 0.3) is 0 Å². The predicted molar refractivity (Wildman–Crippen MR) is 107 cm³/mol. The monoisotopic (exact) mass is 398 g/mol. The molecule has 1 heterocycles. The van der Waals surface area contributed by atoms with Crippen molar-refractivity contribution in [3.8, 4) is 11.5 Å². The quantitative estimate of drug-likeness (QED) is 0.629. The molecular weight excluding hydrogens is 380 g/mol. The van der Waals surface area contributed by atoms with Gasteiger partial charge in [-0.2, -0.15) is 0 Å². The van der Waals surface area contributed by atoms with Gasteiger partial charge in [-0.25, -0.2) is 9.97 Å². The molecular formula is C20H19ClN4O3. The van der Waals surface area contributed by atoms with Crippen molar-refractivity contribution in [3.63, 3.8) is 0 Å². The number of aromatic nitrogens is 2. The summed E-state index contributed by atoms with van der Waals surface area (Å²) in [4.78, 5) is 20.8. The number of carbonyl (C=O) groups is 1. The van der Waals surface area contributed by atoms with Gasteiger partial charge in [-0.3, -0.25) is 4.79 Å². The zero-order valence-electron chi connectivity index (χ0n) is 15.4. The summed E-state index contributed by atoms with van der Waals surface area (Å²) >= 11 is 5.87. The average molecular weight is 399 g/mol. The zero-order chi connectivity index (χ0) is 19.9. The number of hydrogen-bond acceptors (Lipinski definition) is 6. The van der Waals surface area contributed by atoms with Gasteiger partial charge in [0.2, 0.25) is 5.95 Å². The molecule has 0 radical (unpaired) electrons. The topological polar surface area (TPSA) is 85.4 Å². The van der Waals surface area contributed by atoms with E-state index in [1.54, 1.807) is 50.6 Å². The molecule has 0 saturated heterocycles. The molecule has 1 aromatic heterocycles. The number of amides is 1. The standard InChI is InChI=1S/C20H19ClN4O3/c1-27-15-7-8-16(18(11-15)28-2)24-20-22-10-9-17(25-20)19(26)23-12-13-3-5-14(21)6-4-13/h3-11H,12H2,1-2H3,(H,23,26)(H,22,24,25). The normalized spacial score (nSPS) is 10.2. The van der Waals surface area contributed by atoms with E-state index in [-0.39, 0.29) is 17.5 Å². The largest absolute Gasteiger partial charge is 0.497 e. The van der Waals surface area contributed by atoms with Crippen LogP contribution >= 0.6 is 11.6 Å². The van der Waals surface area contributed by atoms with Gasteiger partial charge in [0, 0.05) is 23.8 Å². The average Bonchev–Trinajstić information content (AvgIpc) is 2.73. The fraction of sp³-hybridized carbons (Fsp3) is 0.150. The summed E-state index contributed by atoms with van der Waals surface area (Å²) in [6.45, 7) is 0.370. The van der Waals surface area contributed by atoms with Gasteiger partial charge in [-0.05, 0) is 35.9 Å². The minimum absolute atomic E-state index is 0.249. The van der Waals surface area contributed by atoms with E-state index in [9.17, 15) is 4.79 Å². The highest BCUT2D eigenvalue weighted by Gasteiger charge is 2.11. The van der Waals surface area contributed by atoms with Gasteiger partial charge in [-0.1, -0.05) is 23.7 Å². The number of nitrogens with one attached hydrogen (secondary N) is 2. The molecule has 2 aromatic carbocycles. The molecule has 0 unspecified atom stereocenters. The highest BCUT2D eigenvalue weighted by atomic mass is 35.5. The van der Waals surface area contributed by atoms with Gasteiger partial charge in [-0.15, -0.1) is 0 Å². The van der Waals surface area contributed by atoms with E-state index >= 15 is 0 Å². The molecule has 0 aliphatic carbocycles. The number of benzene rings is 2. The Labute approximate surface area is 167 Å². The number of anilines is 2. The summed E-state index contributed by atoms with van der Waals surface area (Å²) in [7, 11) is 3.14. The van der Waals surface area contributed by atoms with Gasteiger partial charge in [0.15, 0.2) is 0 Å². The molecule has 0 bridgehead atoms. The summed E-state index contributed by atoms with van der Waals surface area (Å²) in [5.41, 5.74) is 1.84. The van der Waals surface area contributed by atoms with Crippen LogP contribution in [0.1, 0.15) is 16.1 Å². The minimum Gasteiger partial charge on any atom is -0.497 e. The van der Waals surface area contributed by atoms with Crippen LogP contribution in [-0.4, -0.2) is 30.1 Å². The number of ether oxygens (including phenoxy) is 2. The Hall–Kier alpha value is -3.32. The van der Waals surface area contributed by atoms with E-state index in [0.717, 1.165) is 5.56 Å². The molecule has 2 N–H and O–H groups in total. The third-order valence-electron chi connectivity index (χ3n) is 3.91. The Bertz CT molecular complexity index is 964. The van der Waals surface area contributed by atoms with E-state index in [0.29, 0.717) is 28.8 Å². The first-order valence-corrected chi connectivity index (χ1v) is 8.81. The Kier molecular flexibility index (Phi) is 6.29. The molecule has 3 rings (SSSR count). The fourth-order valence-corrected chi connectivity index (χ4v) is 2.57. The molecule has 7 nitrogen and oxygen atoms in total. The minimum atomic E-state index is -0.304. The van der Waals surface area contributed by atoms with Crippen molar-refractivity contribution < 1.29 is 14.3 Å². The van der Waals surface area contributed by atoms with E-state index < -0.39 is 0 Å². The second-order valence-electron chi connectivity index (χ2n) is 5.77. The van der Waals surface area contributed by atoms with E-state index in [1.165, 1.54) is 6.20 Å². The molecule has 1 amide bonds. The lowest BCUT2D eigenvalue weighted by molar-refractivity contribution is 0.0946. The van der Waals surface area contributed by atoms with Crippen LogP contribution in [0.3, 0.4) is 0 Å². The number of halogens is 1. The van der Waals surface area contributed by atoms with Crippen LogP contribution in [0.15, 0.2) is 54.7 Å². The Morgan fingerprint density at radius 2 is 1.86 bits per heavy atom. The maximum Gasteiger partial charge on any atom is 0.270 e. The van der Waals surface area contributed by atoms with Gasteiger partial charge in [0.05, 0.1) is 19.9 Å². The summed E-state index contributed by atoms with van der Waals surface area (Å²) in [6.07, 6.45) is 1.52. The first-order valence-electron chi connectivity index (χ1n) is 8.44. The van der Waals surface area contributed by atoms with Crippen LogP contribution < -0.4 is 20.1 Å². The van der Waals surface area contributed by atoms with Crippen LogP contribution in [-0.2, 0) is 6.54 Å². The Morgan fingerprint density at radius 3 is 2.57 bits per heavy atom. The molecule has 0 aliphatic heterocycles. The molecule has 0 aliphatic rings. The smallest absolute Gasteiger partial charge is 0.270 e. The van der Waals surface area contributed by atoms with Crippen LogP contribution in [0.5, 0.6) is 11.5 Å². The third-order valence-corrected chi connectivity index (χ3v) is 4.16. The molecule has 28 heavy (non-hydrogen) atoms. The summed E-state index contributed by atoms with van der Waals surface area (Å²) in [6, 6.07) is 14.1. The summed E-state index contributed by atoms with van der Waals surface area (Å²) in [5.74, 6) is 1.21. The highest BCUT2D eigenvalue weighted by molar-refractivity contribution is 6.30. The van der Waals surface area contributed by atoms with Crippen molar-refractivity contribution in [2.24, 2.45) is 0 Å². The van der Waals surface area contributed by atoms with Gasteiger partial charge in [0.25, 0.3) is 5.91 Å². The SMILES string of the molecule is COc1ccc(Nc2nccc(C(=O)NCc3ccc(Cl)cc3)n2)c(OC)c1. The predicted octanol–water partition coefficient (Wildman–Crippen LogP) is 3.82. The maximum absolute atomic E-state index is 12.4. The van der Waals surface area contributed by atoms with Gasteiger partial charge in [0.1, 0.15) is 17.2 Å². The second-order valence-corrected chi connectivity index (χ2v) is 6.20. The maximum atomic E-state index is 12.4. The number of rotatable bonds is 7. The number of methoxy groups -OCH3 is 2. The first kappa shape index (κ1) is 19.4. The lowest BCUT2D eigenvalue weighted by atomic mass is 10.2. The number of carbonyl (C=O) groups excluding carboxylic acids is 1. The first-order chi connectivity index (χ1) is 13.6. The van der Waals surface area contributed by atoms with E-state index in [2.05, 4.69) is 20.6 Å². The molecule has 0 fully saturated rings.